The zero-order valence-corrected chi connectivity index (χ0v) is 18.4. The fraction of sp³-hybridized carbons (Fsp3) is 0.389. The Balaban J connectivity index is 0.00000338. The topological polar surface area (TPSA) is 75.6 Å². The van der Waals surface area contributed by atoms with Gasteiger partial charge in [0.2, 0.25) is 0 Å². The van der Waals surface area contributed by atoms with Crippen LogP contribution in [0.3, 0.4) is 0 Å². The summed E-state index contributed by atoms with van der Waals surface area (Å²) < 4.78 is 4.69. The lowest BCUT2D eigenvalue weighted by Gasteiger charge is -2.11. The van der Waals surface area contributed by atoms with Crippen molar-refractivity contribution in [1.29, 1.82) is 0 Å². The number of aryl methyl sites for hydroxylation is 1. The van der Waals surface area contributed by atoms with Crippen molar-refractivity contribution in [3.63, 3.8) is 0 Å². The van der Waals surface area contributed by atoms with Crippen molar-refractivity contribution < 1.29 is 9.53 Å². The van der Waals surface area contributed by atoms with Gasteiger partial charge in [0.25, 0.3) is 0 Å². The summed E-state index contributed by atoms with van der Waals surface area (Å²) in [4.78, 5) is 21.4. The molecule has 2 aromatic rings. The maximum absolute atomic E-state index is 11.4. The molecule has 0 spiro atoms. The number of halogens is 1. The number of hydrogen-bond donors (Lipinski definition) is 2. The van der Waals surface area contributed by atoms with Crippen molar-refractivity contribution in [3.05, 3.63) is 51.5 Å². The highest BCUT2D eigenvalue weighted by Crippen LogP contribution is 2.13. The van der Waals surface area contributed by atoms with Gasteiger partial charge in [0, 0.05) is 37.6 Å². The van der Waals surface area contributed by atoms with Gasteiger partial charge in [-0.2, -0.15) is 0 Å². The summed E-state index contributed by atoms with van der Waals surface area (Å²) in [5.74, 6) is 0.412. The van der Waals surface area contributed by atoms with E-state index >= 15 is 0 Å². The Morgan fingerprint density at radius 1 is 1.27 bits per heavy atom. The molecule has 0 saturated heterocycles. The zero-order valence-electron chi connectivity index (χ0n) is 15.2. The third kappa shape index (κ3) is 6.91. The molecule has 0 atom stereocenters. The number of nitrogens with zero attached hydrogens (tertiary/aromatic N) is 2. The Morgan fingerprint density at radius 2 is 2.00 bits per heavy atom. The molecule has 0 radical (unpaired) electrons. The predicted octanol–water partition coefficient (Wildman–Crippen LogP) is 3.02. The van der Waals surface area contributed by atoms with Crippen molar-refractivity contribution in [2.75, 3.05) is 20.7 Å². The molecule has 2 N–H and O–H groups in total. The molecule has 0 aliphatic heterocycles. The van der Waals surface area contributed by atoms with E-state index < -0.39 is 0 Å². The average molecular weight is 488 g/mol. The normalized spacial score (nSPS) is 10.8. The van der Waals surface area contributed by atoms with Gasteiger partial charge in [-0.3, -0.25) is 4.99 Å². The van der Waals surface area contributed by atoms with Crippen molar-refractivity contribution >= 4 is 47.2 Å². The summed E-state index contributed by atoms with van der Waals surface area (Å²) in [6.45, 7) is 3.54. The van der Waals surface area contributed by atoms with Gasteiger partial charge in [0.15, 0.2) is 5.96 Å². The van der Waals surface area contributed by atoms with Crippen LogP contribution in [0, 0.1) is 0 Å². The monoisotopic (exact) mass is 488 g/mol. The molecule has 2 rings (SSSR count). The van der Waals surface area contributed by atoms with E-state index in [1.54, 1.807) is 30.5 Å². The molecule has 1 aromatic carbocycles. The standard InChI is InChI=1S/C18H24N4O2S.HI/c1-4-15-12-21-16(25-15)9-10-20-18(19-2)22-11-13-5-7-14(8-6-13)17(23)24-3;/h5-8,12H,4,9-11H2,1-3H3,(H2,19,20,22);1H. The highest BCUT2D eigenvalue weighted by Gasteiger charge is 2.05. The largest absolute Gasteiger partial charge is 0.465 e. The van der Waals surface area contributed by atoms with Crippen LogP contribution < -0.4 is 10.6 Å². The third-order valence-electron chi connectivity index (χ3n) is 3.64. The second-order valence-electron chi connectivity index (χ2n) is 5.36. The number of carbonyl (C=O) groups excluding carboxylic acids is 1. The molecule has 1 heterocycles. The summed E-state index contributed by atoms with van der Waals surface area (Å²) in [6.07, 6.45) is 3.85. The van der Waals surface area contributed by atoms with Crippen LogP contribution in [0.25, 0.3) is 0 Å². The minimum atomic E-state index is -0.328. The van der Waals surface area contributed by atoms with E-state index in [1.807, 2.05) is 18.3 Å². The summed E-state index contributed by atoms with van der Waals surface area (Å²) in [7, 11) is 3.12. The lowest BCUT2D eigenvalue weighted by atomic mass is 10.1. The van der Waals surface area contributed by atoms with Crippen molar-refractivity contribution in [2.24, 2.45) is 4.99 Å². The molecule has 0 aliphatic rings. The smallest absolute Gasteiger partial charge is 0.337 e. The number of thiazole rings is 1. The molecular formula is C18H25IN4O2S. The van der Waals surface area contributed by atoms with Crippen molar-refractivity contribution in [3.8, 4) is 0 Å². The number of carbonyl (C=O) groups is 1. The van der Waals surface area contributed by atoms with Gasteiger partial charge in [-0.1, -0.05) is 19.1 Å². The number of aliphatic imine (C=N–C) groups is 1. The second-order valence-corrected chi connectivity index (χ2v) is 6.56. The highest BCUT2D eigenvalue weighted by atomic mass is 127. The maximum atomic E-state index is 11.4. The number of methoxy groups -OCH3 is 1. The van der Waals surface area contributed by atoms with E-state index in [0.29, 0.717) is 12.1 Å². The molecule has 6 nitrogen and oxygen atoms in total. The molecule has 0 aliphatic carbocycles. The minimum absolute atomic E-state index is 0. The Hall–Kier alpha value is -1.68. The van der Waals surface area contributed by atoms with Crippen LogP contribution in [-0.2, 0) is 24.1 Å². The molecular weight excluding hydrogens is 463 g/mol. The molecule has 0 amide bonds. The fourth-order valence-corrected chi connectivity index (χ4v) is 3.06. The molecule has 142 valence electrons. The van der Waals surface area contributed by atoms with Gasteiger partial charge in [-0.25, -0.2) is 9.78 Å². The first-order valence-electron chi connectivity index (χ1n) is 8.21. The maximum Gasteiger partial charge on any atom is 0.337 e. The van der Waals surface area contributed by atoms with Gasteiger partial charge in [-0.15, -0.1) is 35.3 Å². The number of nitrogens with one attached hydrogen (secondary N) is 2. The number of aromatic nitrogens is 1. The van der Waals surface area contributed by atoms with E-state index in [0.717, 1.165) is 35.9 Å². The predicted molar refractivity (Wildman–Crippen MR) is 117 cm³/mol. The Labute approximate surface area is 175 Å². The van der Waals surface area contributed by atoms with E-state index in [4.69, 9.17) is 4.74 Å². The molecule has 0 saturated carbocycles. The zero-order chi connectivity index (χ0) is 18.1. The van der Waals surface area contributed by atoms with E-state index in [1.165, 1.54) is 12.0 Å². The van der Waals surface area contributed by atoms with Crippen LogP contribution in [-0.4, -0.2) is 37.6 Å². The van der Waals surface area contributed by atoms with Gasteiger partial charge >= 0.3 is 5.97 Å². The van der Waals surface area contributed by atoms with E-state index in [-0.39, 0.29) is 29.9 Å². The summed E-state index contributed by atoms with van der Waals surface area (Å²) >= 11 is 1.76. The highest BCUT2D eigenvalue weighted by molar-refractivity contribution is 14.0. The van der Waals surface area contributed by atoms with Gasteiger partial charge in [0.1, 0.15) is 0 Å². The Kier molecular flexibility index (Phi) is 10.2. The quantitative estimate of drug-likeness (QED) is 0.271. The molecule has 0 unspecified atom stereocenters. The van der Waals surface area contributed by atoms with Crippen LogP contribution in [0.1, 0.15) is 32.7 Å². The number of guanidine groups is 1. The van der Waals surface area contributed by atoms with Crippen molar-refractivity contribution in [1.82, 2.24) is 15.6 Å². The summed E-state index contributed by atoms with van der Waals surface area (Å²) in [6, 6.07) is 7.31. The number of esters is 1. The van der Waals surface area contributed by atoms with Crippen LogP contribution in [0.2, 0.25) is 0 Å². The van der Waals surface area contributed by atoms with E-state index in [9.17, 15) is 4.79 Å². The fourth-order valence-electron chi connectivity index (χ4n) is 2.20. The number of hydrogen-bond acceptors (Lipinski definition) is 5. The number of rotatable bonds is 7. The van der Waals surface area contributed by atoms with Gasteiger partial charge < -0.3 is 15.4 Å². The first-order valence-corrected chi connectivity index (χ1v) is 9.03. The van der Waals surface area contributed by atoms with Crippen LogP contribution in [0.4, 0.5) is 0 Å². The third-order valence-corrected chi connectivity index (χ3v) is 4.84. The summed E-state index contributed by atoms with van der Waals surface area (Å²) in [5.41, 5.74) is 1.60. The number of benzene rings is 1. The van der Waals surface area contributed by atoms with E-state index in [2.05, 4.69) is 27.5 Å². The van der Waals surface area contributed by atoms with Crippen molar-refractivity contribution in [2.45, 2.75) is 26.3 Å². The summed E-state index contributed by atoms with van der Waals surface area (Å²) in [5, 5.41) is 7.68. The molecule has 8 heteroatoms. The molecule has 1 aromatic heterocycles. The van der Waals surface area contributed by atoms with Crippen LogP contribution in [0.15, 0.2) is 35.5 Å². The Bertz CT molecular complexity index is 716. The van der Waals surface area contributed by atoms with Gasteiger partial charge in [0.05, 0.1) is 17.7 Å². The first kappa shape index (κ1) is 22.4. The van der Waals surface area contributed by atoms with Crippen LogP contribution in [0.5, 0.6) is 0 Å². The Morgan fingerprint density at radius 3 is 2.58 bits per heavy atom. The number of ether oxygens (including phenoxy) is 1. The lowest BCUT2D eigenvalue weighted by molar-refractivity contribution is 0.0600. The molecule has 0 bridgehead atoms. The molecule has 26 heavy (non-hydrogen) atoms. The first-order chi connectivity index (χ1) is 12.2. The molecule has 0 fully saturated rings. The average Bonchev–Trinajstić information content (AvgIpc) is 3.12. The minimum Gasteiger partial charge on any atom is -0.465 e. The van der Waals surface area contributed by atoms with Gasteiger partial charge in [-0.05, 0) is 24.1 Å². The second kappa shape index (κ2) is 11.8. The van der Waals surface area contributed by atoms with Crippen LogP contribution >= 0.6 is 35.3 Å². The SMILES string of the molecule is CCc1cnc(CCNC(=NC)NCc2ccc(C(=O)OC)cc2)s1.I. The lowest BCUT2D eigenvalue weighted by Crippen LogP contribution is -2.37.